The van der Waals surface area contributed by atoms with Gasteiger partial charge in [-0.25, -0.2) is 4.39 Å². The molecule has 4 rings (SSSR count). The van der Waals surface area contributed by atoms with Crippen LogP contribution in [0.5, 0.6) is 5.75 Å². The van der Waals surface area contributed by atoms with Crippen LogP contribution in [0.15, 0.2) is 18.2 Å². The lowest BCUT2D eigenvalue weighted by molar-refractivity contribution is -0.129. The first-order chi connectivity index (χ1) is 16.5. The molecular formula is C27H40FN3O3. The summed E-state index contributed by atoms with van der Waals surface area (Å²) < 4.78 is 20.3. The second-order valence-electron chi connectivity index (χ2n) is 10.2. The van der Waals surface area contributed by atoms with Crippen molar-refractivity contribution < 1.29 is 18.7 Å². The molecule has 2 heterocycles. The van der Waals surface area contributed by atoms with Gasteiger partial charge in [0.1, 0.15) is 0 Å². The molecule has 1 saturated carbocycles. The number of ether oxygens (including phenoxy) is 1. The number of nitrogens with one attached hydrogen (secondary N) is 1. The Labute approximate surface area is 203 Å². The Hall–Kier alpha value is -1.83. The molecule has 0 aromatic heterocycles. The fourth-order valence-electron chi connectivity index (χ4n) is 5.72. The highest BCUT2D eigenvalue weighted by atomic mass is 19.1. The highest BCUT2D eigenvalue weighted by molar-refractivity contribution is 5.98. The zero-order valence-corrected chi connectivity index (χ0v) is 20.6. The summed E-state index contributed by atoms with van der Waals surface area (Å²) in [5.41, 5.74) is 0.332. The molecule has 0 bridgehead atoms. The maximum absolute atomic E-state index is 14.7. The summed E-state index contributed by atoms with van der Waals surface area (Å²) in [5.74, 6) is -0.0948. The van der Waals surface area contributed by atoms with Crippen LogP contribution in [0, 0.1) is 11.7 Å². The monoisotopic (exact) mass is 473 g/mol. The van der Waals surface area contributed by atoms with Gasteiger partial charge in [-0.3, -0.25) is 14.5 Å². The summed E-state index contributed by atoms with van der Waals surface area (Å²) in [6, 6.07) is 4.83. The van der Waals surface area contributed by atoms with Gasteiger partial charge >= 0.3 is 0 Å². The lowest BCUT2D eigenvalue weighted by Gasteiger charge is -2.37. The molecule has 2 atom stereocenters. The summed E-state index contributed by atoms with van der Waals surface area (Å²) in [4.78, 5) is 30.5. The Kier molecular flexibility index (Phi) is 9.09. The van der Waals surface area contributed by atoms with E-state index < -0.39 is 5.82 Å². The van der Waals surface area contributed by atoms with Crippen molar-refractivity contribution in [2.75, 3.05) is 45.9 Å². The molecule has 2 saturated heterocycles. The van der Waals surface area contributed by atoms with Crippen molar-refractivity contribution in [3.8, 4) is 5.75 Å². The average Bonchev–Trinajstić information content (AvgIpc) is 3.27. The molecule has 3 fully saturated rings. The number of benzene rings is 1. The van der Waals surface area contributed by atoms with Crippen LogP contribution in [0.2, 0.25) is 0 Å². The van der Waals surface area contributed by atoms with Gasteiger partial charge < -0.3 is 15.0 Å². The minimum atomic E-state index is -0.504. The van der Waals surface area contributed by atoms with E-state index in [-0.39, 0.29) is 35.8 Å². The fraction of sp³-hybridized carbons (Fsp3) is 0.704. The number of nitrogens with zero attached hydrogens (tertiary/aromatic N) is 2. The number of hydrogen-bond acceptors (Lipinski definition) is 6. The van der Waals surface area contributed by atoms with Crippen LogP contribution in [-0.4, -0.2) is 79.3 Å². The summed E-state index contributed by atoms with van der Waals surface area (Å²) in [6.45, 7) is 6.92. The zero-order valence-electron chi connectivity index (χ0n) is 20.6. The highest BCUT2D eigenvalue weighted by Gasteiger charge is 2.34. The Balaban J connectivity index is 1.29. The third kappa shape index (κ3) is 6.43. The topological polar surface area (TPSA) is 61.9 Å². The zero-order chi connectivity index (χ0) is 23.9. The molecule has 34 heavy (non-hydrogen) atoms. The molecule has 1 N–H and O–H groups in total. The van der Waals surface area contributed by atoms with Gasteiger partial charge in [0.25, 0.3) is 0 Å². The summed E-state index contributed by atoms with van der Waals surface area (Å²) >= 11 is 0. The van der Waals surface area contributed by atoms with Crippen molar-refractivity contribution in [2.45, 2.75) is 70.4 Å². The second kappa shape index (κ2) is 12.2. The third-order valence-electron chi connectivity index (χ3n) is 7.83. The molecule has 0 spiro atoms. The van der Waals surface area contributed by atoms with Crippen LogP contribution in [0.4, 0.5) is 4.39 Å². The third-order valence-corrected chi connectivity index (χ3v) is 7.83. The van der Waals surface area contributed by atoms with Crippen molar-refractivity contribution in [2.24, 2.45) is 5.92 Å². The number of rotatable bonds is 10. The Morgan fingerprint density at radius 3 is 2.65 bits per heavy atom. The minimum Gasteiger partial charge on any atom is -0.490 e. The van der Waals surface area contributed by atoms with Crippen LogP contribution in [0.1, 0.15) is 68.6 Å². The molecule has 0 amide bonds. The molecule has 2 aliphatic heterocycles. The molecule has 1 aromatic carbocycles. The van der Waals surface area contributed by atoms with E-state index in [0.29, 0.717) is 31.3 Å². The first-order valence-electron chi connectivity index (χ1n) is 13.2. The van der Waals surface area contributed by atoms with Crippen LogP contribution in [0.3, 0.4) is 0 Å². The van der Waals surface area contributed by atoms with E-state index in [9.17, 15) is 14.0 Å². The van der Waals surface area contributed by atoms with E-state index in [0.717, 1.165) is 51.7 Å². The predicted molar refractivity (Wildman–Crippen MR) is 131 cm³/mol. The summed E-state index contributed by atoms with van der Waals surface area (Å²) in [5, 5.41) is 3.31. The maximum Gasteiger partial charge on any atom is 0.176 e. The highest BCUT2D eigenvalue weighted by Crippen LogP contribution is 2.27. The van der Waals surface area contributed by atoms with Gasteiger partial charge in [-0.15, -0.1) is 0 Å². The standard InChI is InChI=1S/C27H40FN3O3/c1-20-7-5-13-30(20)14-6-16-34-26-11-10-22(17-23(26)28)25(32)19-31-15-12-29-18-24(31)27(33)21-8-3-2-4-9-21/h10-11,17,20-21,24,29H,2-9,12-16,18-19H2,1H3. The molecule has 3 aliphatic rings. The lowest BCUT2D eigenvalue weighted by Crippen LogP contribution is -2.57. The van der Waals surface area contributed by atoms with E-state index in [2.05, 4.69) is 17.1 Å². The molecular weight excluding hydrogens is 433 g/mol. The quantitative estimate of drug-likeness (QED) is 0.413. The number of halogens is 1. The molecule has 1 aliphatic carbocycles. The summed E-state index contributed by atoms with van der Waals surface area (Å²) in [6.07, 6.45) is 8.69. The number of carbonyl (C=O) groups excluding carboxylic acids is 2. The lowest BCUT2D eigenvalue weighted by atomic mass is 9.83. The molecule has 7 heteroatoms. The number of carbonyl (C=O) groups is 2. The number of hydrogen-bond donors (Lipinski definition) is 1. The van der Waals surface area contributed by atoms with E-state index in [1.165, 1.54) is 25.3 Å². The van der Waals surface area contributed by atoms with Crippen molar-refractivity contribution in [3.05, 3.63) is 29.6 Å². The fourth-order valence-corrected chi connectivity index (χ4v) is 5.72. The molecule has 2 unspecified atom stereocenters. The van der Waals surface area contributed by atoms with E-state index in [4.69, 9.17) is 4.74 Å². The van der Waals surface area contributed by atoms with E-state index in [1.807, 2.05) is 4.90 Å². The van der Waals surface area contributed by atoms with Crippen LogP contribution < -0.4 is 10.1 Å². The molecule has 188 valence electrons. The number of Topliss-reactive ketones (excluding diaryl/α,β-unsaturated/α-hetero) is 2. The van der Waals surface area contributed by atoms with Gasteiger partial charge in [-0.05, 0) is 63.8 Å². The average molecular weight is 474 g/mol. The predicted octanol–water partition coefficient (Wildman–Crippen LogP) is 3.68. The number of ketones is 2. The normalized spacial score (nSPS) is 24.9. The maximum atomic E-state index is 14.7. The van der Waals surface area contributed by atoms with Crippen LogP contribution >= 0.6 is 0 Å². The van der Waals surface area contributed by atoms with E-state index >= 15 is 0 Å². The van der Waals surface area contributed by atoms with Gasteiger partial charge in [-0.2, -0.15) is 0 Å². The summed E-state index contributed by atoms with van der Waals surface area (Å²) in [7, 11) is 0. The minimum absolute atomic E-state index is 0.110. The number of likely N-dealkylation sites (tertiary alicyclic amines) is 1. The van der Waals surface area contributed by atoms with Gasteiger partial charge in [-0.1, -0.05) is 19.3 Å². The van der Waals surface area contributed by atoms with Gasteiger partial charge in [0, 0.05) is 43.7 Å². The van der Waals surface area contributed by atoms with Gasteiger partial charge in [0.15, 0.2) is 23.1 Å². The van der Waals surface area contributed by atoms with Crippen molar-refractivity contribution in [1.29, 1.82) is 0 Å². The van der Waals surface area contributed by atoms with Crippen LogP contribution in [0.25, 0.3) is 0 Å². The first-order valence-corrected chi connectivity index (χ1v) is 13.2. The SMILES string of the molecule is CC1CCCN1CCCOc1ccc(C(=O)CN2CCNCC2C(=O)C2CCCCC2)cc1F. The molecule has 6 nitrogen and oxygen atoms in total. The van der Waals surface area contributed by atoms with Crippen LogP contribution in [-0.2, 0) is 4.79 Å². The van der Waals surface area contributed by atoms with Gasteiger partial charge in [0.05, 0.1) is 19.2 Å². The molecule has 0 radical (unpaired) electrons. The largest absolute Gasteiger partial charge is 0.490 e. The van der Waals surface area contributed by atoms with Crippen molar-refractivity contribution >= 4 is 11.6 Å². The number of piperazine rings is 1. The van der Waals surface area contributed by atoms with Crippen molar-refractivity contribution in [3.63, 3.8) is 0 Å². The Bertz CT molecular complexity index is 842. The van der Waals surface area contributed by atoms with E-state index in [1.54, 1.807) is 12.1 Å². The smallest absolute Gasteiger partial charge is 0.176 e. The Morgan fingerprint density at radius 2 is 1.91 bits per heavy atom. The first kappa shape index (κ1) is 25.3. The Morgan fingerprint density at radius 1 is 1.09 bits per heavy atom. The van der Waals surface area contributed by atoms with Gasteiger partial charge in [0.2, 0.25) is 0 Å². The second-order valence-corrected chi connectivity index (χ2v) is 10.2. The molecule has 1 aromatic rings. The van der Waals surface area contributed by atoms with Crippen molar-refractivity contribution in [1.82, 2.24) is 15.1 Å².